The lowest BCUT2D eigenvalue weighted by Gasteiger charge is -2.32. The molecule has 0 atom stereocenters. The number of benzene rings is 2. The molecular formula is C24H31N3O4S. The van der Waals surface area contributed by atoms with Crippen molar-refractivity contribution in [3.8, 4) is 0 Å². The van der Waals surface area contributed by atoms with Gasteiger partial charge in [-0.25, -0.2) is 8.42 Å². The summed E-state index contributed by atoms with van der Waals surface area (Å²) in [5.74, 6) is -0.155. The lowest BCUT2D eigenvalue weighted by molar-refractivity contribution is 0.0730. The molecule has 4 rings (SSSR count). The summed E-state index contributed by atoms with van der Waals surface area (Å²) in [6.07, 6.45) is 1.81. The van der Waals surface area contributed by atoms with Crippen LogP contribution in [0.5, 0.6) is 0 Å². The van der Waals surface area contributed by atoms with Crippen LogP contribution in [0.4, 0.5) is 0 Å². The maximum atomic E-state index is 12.7. The maximum absolute atomic E-state index is 12.7. The first-order chi connectivity index (χ1) is 15.4. The quantitative estimate of drug-likeness (QED) is 0.721. The van der Waals surface area contributed by atoms with Gasteiger partial charge in [0.2, 0.25) is 10.0 Å². The van der Waals surface area contributed by atoms with Crippen molar-refractivity contribution in [3.63, 3.8) is 0 Å². The van der Waals surface area contributed by atoms with Gasteiger partial charge in [-0.3, -0.25) is 9.69 Å². The standard InChI is InChI=1S/C24H31N3O4S/c1-19-3-2-4-20(17-19)18-26-11-9-22(10-12-26)25-24(28)21-5-7-23(8-6-21)32(29,30)27-13-15-31-16-14-27/h2-8,17,22H,9-16,18H2,1H3,(H,25,28). The van der Waals surface area contributed by atoms with E-state index >= 15 is 0 Å². The summed E-state index contributed by atoms with van der Waals surface area (Å²) in [6, 6.07) is 14.9. The highest BCUT2D eigenvalue weighted by Crippen LogP contribution is 2.19. The minimum Gasteiger partial charge on any atom is -0.379 e. The second-order valence-corrected chi connectivity index (χ2v) is 10.5. The van der Waals surface area contributed by atoms with Crippen LogP contribution >= 0.6 is 0 Å². The smallest absolute Gasteiger partial charge is 0.251 e. The zero-order valence-corrected chi connectivity index (χ0v) is 19.3. The summed E-state index contributed by atoms with van der Waals surface area (Å²) in [6.45, 7) is 6.44. The molecule has 0 aromatic heterocycles. The monoisotopic (exact) mass is 457 g/mol. The molecule has 2 aliphatic heterocycles. The molecule has 0 bridgehead atoms. The van der Waals surface area contributed by atoms with Crippen molar-refractivity contribution >= 4 is 15.9 Å². The molecular weight excluding hydrogens is 426 g/mol. The van der Waals surface area contributed by atoms with E-state index in [0.29, 0.717) is 31.9 Å². The Labute approximate surface area is 190 Å². The van der Waals surface area contributed by atoms with Crippen LogP contribution in [0.2, 0.25) is 0 Å². The second-order valence-electron chi connectivity index (χ2n) is 8.55. The first-order valence-electron chi connectivity index (χ1n) is 11.2. The highest BCUT2D eigenvalue weighted by Gasteiger charge is 2.27. The Morgan fingerprint density at radius 1 is 1.03 bits per heavy atom. The van der Waals surface area contributed by atoms with Crippen LogP contribution in [-0.4, -0.2) is 69.0 Å². The molecule has 7 nitrogen and oxygen atoms in total. The van der Waals surface area contributed by atoms with E-state index in [0.717, 1.165) is 32.5 Å². The molecule has 32 heavy (non-hydrogen) atoms. The van der Waals surface area contributed by atoms with Gasteiger partial charge in [0.05, 0.1) is 18.1 Å². The van der Waals surface area contributed by atoms with E-state index < -0.39 is 10.0 Å². The third-order valence-electron chi connectivity index (χ3n) is 6.14. The number of nitrogens with one attached hydrogen (secondary N) is 1. The van der Waals surface area contributed by atoms with Crippen LogP contribution < -0.4 is 5.32 Å². The molecule has 2 aromatic rings. The van der Waals surface area contributed by atoms with E-state index in [9.17, 15) is 13.2 Å². The zero-order chi connectivity index (χ0) is 22.6. The third kappa shape index (κ3) is 5.56. The molecule has 8 heteroatoms. The number of amides is 1. The van der Waals surface area contributed by atoms with E-state index in [1.54, 1.807) is 12.1 Å². The van der Waals surface area contributed by atoms with Gasteiger partial charge in [-0.15, -0.1) is 0 Å². The highest BCUT2D eigenvalue weighted by atomic mass is 32.2. The van der Waals surface area contributed by atoms with Gasteiger partial charge in [-0.05, 0) is 49.6 Å². The van der Waals surface area contributed by atoms with Crippen molar-refractivity contribution in [2.24, 2.45) is 0 Å². The first kappa shape index (κ1) is 22.9. The average Bonchev–Trinajstić information content (AvgIpc) is 2.81. The number of hydrogen-bond acceptors (Lipinski definition) is 5. The van der Waals surface area contributed by atoms with Gasteiger partial charge in [0.15, 0.2) is 0 Å². The molecule has 0 unspecified atom stereocenters. The minimum absolute atomic E-state index is 0.132. The Balaban J connectivity index is 1.29. The van der Waals surface area contributed by atoms with Crippen molar-refractivity contribution in [1.82, 2.24) is 14.5 Å². The number of sulfonamides is 1. The number of hydrogen-bond donors (Lipinski definition) is 1. The van der Waals surface area contributed by atoms with Gasteiger partial charge in [0.1, 0.15) is 0 Å². The predicted molar refractivity (Wildman–Crippen MR) is 123 cm³/mol. The molecule has 0 saturated carbocycles. The van der Waals surface area contributed by atoms with Crippen LogP contribution in [0, 0.1) is 6.92 Å². The predicted octanol–water partition coefficient (Wildman–Crippen LogP) is 2.41. The Morgan fingerprint density at radius 2 is 1.72 bits per heavy atom. The molecule has 2 fully saturated rings. The summed E-state index contributed by atoms with van der Waals surface area (Å²) in [5, 5.41) is 3.11. The van der Waals surface area contributed by atoms with E-state index in [4.69, 9.17) is 4.74 Å². The Kier molecular flexibility index (Phi) is 7.25. The fraction of sp³-hybridized carbons (Fsp3) is 0.458. The Morgan fingerprint density at radius 3 is 2.38 bits per heavy atom. The fourth-order valence-electron chi connectivity index (χ4n) is 4.29. The molecule has 2 saturated heterocycles. The molecule has 0 aliphatic carbocycles. The lowest BCUT2D eigenvalue weighted by atomic mass is 10.0. The lowest BCUT2D eigenvalue weighted by Crippen LogP contribution is -2.44. The van der Waals surface area contributed by atoms with Crippen molar-refractivity contribution < 1.29 is 17.9 Å². The van der Waals surface area contributed by atoms with Gasteiger partial charge >= 0.3 is 0 Å². The number of nitrogens with zero attached hydrogens (tertiary/aromatic N) is 2. The second kappa shape index (κ2) is 10.1. The molecule has 2 aromatic carbocycles. The van der Waals surface area contributed by atoms with Crippen LogP contribution in [0.25, 0.3) is 0 Å². The van der Waals surface area contributed by atoms with E-state index in [2.05, 4.69) is 41.4 Å². The number of aryl methyl sites for hydroxylation is 1. The third-order valence-corrected chi connectivity index (χ3v) is 8.05. The SMILES string of the molecule is Cc1cccc(CN2CCC(NC(=O)c3ccc(S(=O)(=O)N4CCOCC4)cc3)CC2)c1. The van der Waals surface area contributed by atoms with Gasteiger partial charge in [0, 0.05) is 44.3 Å². The Hall–Kier alpha value is -2.26. The number of ether oxygens (including phenoxy) is 1. The molecule has 2 aliphatic rings. The van der Waals surface area contributed by atoms with Crippen LogP contribution in [0.1, 0.15) is 34.3 Å². The molecule has 1 amide bonds. The van der Waals surface area contributed by atoms with Crippen molar-refractivity contribution in [3.05, 3.63) is 65.2 Å². The van der Waals surface area contributed by atoms with E-state index in [1.165, 1.54) is 27.6 Å². The van der Waals surface area contributed by atoms with Crippen LogP contribution in [-0.2, 0) is 21.3 Å². The molecule has 2 heterocycles. The topological polar surface area (TPSA) is 79.0 Å². The summed E-state index contributed by atoms with van der Waals surface area (Å²) in [7, 11) is -3.55. The van der Waals surface area contributed by atoms with E-state index in [-0.39, 0.29) is 16.8 Å². The van der Waals surface area contributed by atoms with Crippen LogP contribution in [0.3, 0.4) is 0 Å². The summed E-state index contributed by atoms with van der Waals surface area (Å²) in [5.41, 5.74) is 3.07. The number of likely N-dealkylation sites (tertiary alicyclic amines) is 1. The normalized spacial score (nSPS) is 19.0. The molecule has 172 valence electrons. The van der Waals surface area contributed by atoms with Crippen molar-refractivity contribution in [1.29, 1.82) is 0 Å². The molecule has 0 radical (unpaired) electrons. The zero-order valence-electron chi connectivity index (χ0n) is 18.5. The van der Waals surface area contributed by atoms with Gasteiger partial charge in [-0.1, -0.05) is 29.8 Å². The number of carbonyl (C=O) groups is 1. The number of rotatable bonds is 6. The molecule has 0 spiro atoms. The maximum Gasteiger partial charge on any atom is 0.251 e. The first-order valence-corrected chi connectivity index (χ1v) is 12.6. The van der Waals surface area contributed by atoms with E-state index in [1.807, 2.05) is 0 Å². The number of carbonyl (C=O) groups excluding carboxylic acids is 1. The minimum atomic E-state index is -3.55. The van der Waals surface area contributed by atoms with Gasteiger partial charge in [-0.2, -0.15) is 4.31 Å². The largest absolute Gasteiger partial charge is 0.379 e. The molecule has 1 N–H and O–H groups in total. The highest BCUT2D eigenvalue weighted by molar-refractivity contribution is 7.89. The van der Waals surface area contributed by atoms with Crippen molar-refractivity contribution in [2.45, 2.75) is 37.2 Å². The van der Waals surface area contributed by atoms with Crippen molar-refractivity contribution in [2.75, 3.05) is 39.4 Å². The number of piperidine rings is 1. The fourth-order valence-corrected chi connectivity index (χ4v) is 5.70. The summed E-state index contributed by atoms with van der Waals surface area (Å²) >= 11 is 0. The summed E-state index contributed by atoms with van der Waals surface area (Å²) in [4.78, 5) is 15.3. The average molecular weight is 458 g/mol. The van der Waals surface area contributed by atoms with Crippen LogP contribution in [0.15, 0.2) is 53.4 Å². The van der Waals surface area contributed by atoms with Gasteiger partial charge in [0.25, 0.3) is 5.91 Å². The summed E-state index contributed by atoms with van der Waals surface area (Å²) < 4.78 is 32.1. The Bertz CT molecular complexity index is 1030. The number of morpholine rings is 1. The van der Waals surface area contributed by atoms with Gasteiger partial charge < -0.3 is 10.1 Å².